The number of hydrogen-bond donors (Lipinski definition) is 0. The summed E-state index contributed by atoms with van der Waals surface area (Å²) in [6.07, 6.45) is -3.60. The van der Waals surface area contributed by atoms with Crippen molar-refractivity contribution in [1.29, 1.82) is 0 Å². The molecule has 0 amide bonds. The van der Waals surface area contributed by atoms with E-state index in [4.69, 9.17) is 4.74 Å². The van der Waals surface area contributed by atoms with Crippen LogP contribution in [0.5, 0.6) is 5.75 Å². The number of nitrogens with zero attached hydrogens (tertiary/aromatic N) is 1. The van der Waals surface area contributed by atoms with Crippen molar-refractivity contribution in [1.82, 2.24) is 4.98 Å². The molecule has 1 heterocycles. The molecular weight excluding hydrogens is 267 g/mol. The lowest BCUT2D eigenvalue weighted by Gasteiger charge is -2.17. The van der Waals surface area contributed by atoms with Crippen LogP contribution in [0.1, 0.15) is 30.7 Å². The molecule has 2 nitrogen and oxygen atoms in total. The Balaban J connectivity index is 2.85. The zero-order valence-electron chi connectivity index (χ0n) is 11.6. The van der Waals surface area contributed by atoms with Crippen LogP contribution >= 0.6 is 0 Å². The van der Waals surface area contributed by atoms with Crippen molar-refractivity contribution < 1.29 is 17.9 Å². The molecule has 0 spiro atoms. The van der Waals surface area contributed by atoms with Gasteiger partial charge in [0.25, 0.3) is 0 Å². The fourth-order valence-corrected chi connectivity index (χ4v) is 2.49. The molecule has 0 aliphatic rings. The van der Waals surface area contributed by atoms with Gasteiger partial charge in [0.2, 0.25) is 0 Å². The maximum Gasteiger partial charge on any atom is 0.433 e. The summed E-state index contributed by atoms with van der Waals surface area (Å²) in [5, 5.41) is 0.733. The number of halogens is 3. The minimum absolute atomic E-state index is 0.278. The zero-order chi connectivity index (χ0) is 14.9. The number of fused-ring (bicyclic) bond motifs is 1. The minimum atomic E-state index is -4.43. The first-order valence-corrected chi connectivity index (χ1v) is 6.49. The average Bonchev–Trinajstić information content (AvgIpc) is 2.43. The van der Waals surface area contributed by atoms with Gasteiger partial charge in [-0.3, -0.25) is 0 Å². The highest BCUT2D eigenvalue weighted by molar-refractivity contribution is 5.85. The summed E-state index contributed by atoms with van der Waals surface area (Å²) >= 11 is 0. The second kappa shape index (κ2) is 5.31. The number of alkyl halides is 3. The summed E-state index contributed by atoms with van der Waals surface area (Å²) in [5.74, 6) is 0.621. The number of benzene rings is 1. The fraction of sp³-hybridized carbons (Fsp3) is 0.400. The van der Waals surface area contributed by atoms with Crippen LogP contribution < -0.4 is 4.74 Å². The molecule has 0 saturated heterocycles. The van der Waals surface area contributed by atoms with Gasteiger partial charge in [0.15, 0.2) is 0 Å². The Labute approximate surface area is 115 Å². The summed E-state index contributed by atoms with van der Waals surface area (Å²) in [7, 11) is 1.53. The topological polar surface area (TPSA) is 22.1 Å². The van der Waals surface area contributed by atoms with Crippen molar-refractivity contribution in [2.45, 2.75) is 32.9 Å². The Kier molecular flexibility index (Phi) is 3.88. The van der Waals surface area contributed by atoms with E-state index in [1.54, 1.807) is 25.1 Å². The molecule has 0 N–H and O–H groups in total. The van der Waals surface area contributed by atoms with Crippen LogP contribution in [0.3, 0.4) is 0 Å². The molecule has 20 heavy (non-hydrogen) atoms. The number of rotatable bonds is 3. The van der Waals surface area contributed by atoms with Gasteiger partial charge in [-0.2, -0.15) is 13.2 Å². The third-order valence-electron chi connectivity index (χ3n) is 3.39. The van der Waals surface area contributed by atoms with Gasteiger partial charge in [-0.05, 0) is 42.2 Å². The molecule has 5 heteroatoms. The Morgan fingerprint density at radius 2 is 1.75 bits per heavy atom. The molecule has 1 aromatic carbocycles. The molecule has 2 aromatic rings. The van der Waals surface area contributed by atoms with Gasteiger partial charge in [-0.1, -0.05) is 13.8 Å². The van der Waals surface area contributed by atoms with Gasteiger partial charge in [0.05, 0.1) is 12.6 Å². The van der Waals surface area contributed by atoms with Gasteiger partial charge in [0.1, 0.15) is 11.4 Å². The summed E-state index contributed by atoms with van der Waals surface area (Å²) in [6, 6.07) is 4.95. The first-order valence-electron chi connectivity index (χ1n) is 6.49. The first-order chi connectivity index (χ1) is 9.42. The Morgan fingerprint density at radius 3 is 2.25 bits per heavy atom. The van der Waals surface area contributed by atoms with Crippen LogP contribution in [0.15, 0.2) is 18.2 Å². The molecule has 0 atom stereocenters. The summed E-state index contributed by atoms with van der Waals surface area (Å²) in [5.41, 5.74) is 0.561. The molecular formula is C15H16F3NO. The van der Waals surface area contributed by atoms with Gasteiger partial charge < -0.3 is 4.74 Å². The van der Waals surface area contributed by atoms with Crippen molar-refractivity contribution in [2.75, 3.05) is 7.11 Å². The SMILES string of the molecule is CCc1c(C(F)(F)F)nc2ccc(OC)cc2c1CC. The maximum absolute atomic E-state index is 13.1. The van der Waals surface area contributed by atoms with Crippen molar-refractivity contribution in [3.05, 3.63) is 35.0 Å². The number of aryl methyl sites for hydroxylation is 1. The monoisotopic (exact) mass is 283 g/mol. The highest BCUT2D eigenvalue weighted by atomic mass is 19.4. The van der Waals surface area contributed by atoms with E-state index in [0.717, 1.165) is 5.39 Å². The third kappa shape index (κ3) is 2.44. The van der Waals surface area contributed by atoms with Crippen LogP contribution in [0.25, 0.3) is 10.9 Å². The highest BCUT2D eigenvalue weighted by Gasteiger charge is 2.36. The van der Waals surface area contributed by atoms with Crippen LogP contribution in [0, 0.1) is 0 Å². The summed E-state index contributed by atoms with van der Waals surface area (Å²) in [6.45, 7) is 3.57. The average molecular weight is 283 g/mol. The number of ether oxygens (including phenoxy) is 1. The molecule has 0 aliphatic heterocycles. The van der Waals surface area contributed by atoms with Crippen LogP contribution in [0.4, 0.5) is 13.2 Å². The van der Waals surface area contributed by atoms with E-state index in [9.17, 15) is 13.2 Å². The predicted octanol–water partition coefficient (Wildman–Crippen LogP) is 4.39. The molecule has 2 rings (SSSR count). The second-order valence-electron chi connectivity index (χ2n) is 4.51. The second-order valence-corrected chi connectivity index (χ2v) is 4.51. The van der Waals surface area contributed by atoms with Gasteiger partial charge in [-0.25, -0.2) is 4.98 Å². The van der Waals surface area contributed by atoms with E-state index in [1.807, 2.05) is 6.92 Å². The highest BCUT2D eigenvalue weighted by Crippen LogP contribution is 2.36. The normalized spacial score (nSPS) is 11.9. The molecule has 0 bridgehead atoms. The van der Waals surface area contributed by atoms with Gasteiger partial charge in [-0.15, -0.1) is 0 Å². The van der Waals surface area contributed by atoms with Crippen LogP contribution in [-0.2, 0) is 19.0 Å². The van der Waals surface area contributed by atoms with Gasteiger partial charge >= 0.3 is 6.18 Å². The molecule has 0 aliphatic carbocycles. The molecule has 0 radical (unpaired) electrons. The summed E-state index contributed by atoms with van der Waals surface area (Å²) < 4.78 is 44.6. The molecule has 1 aromatic heterocycles. The number of pyridine rings is 1. The van der Waals surface area contributed by atoms with Crippen LogP contribution in [-0.4, -0.2) is 12.1 Å². The van der Waals surface area contributed by atoms with E-state index in [2.05, 4.69) is 4.98 Å². The number of aromatic nitrogens is 1. The van der Waals surface area contributed by atoms with Crippen molar-refractivity contribution in [3.8, 4) is 5.75 Å². The largest absolute Gasteiger partial charge is 0.497 e. The smallest absolute Gasteiger partial charge is 0.433 e. The Morgan fingerprint density at radius 1 is 1.10 bits per heavy atom. The van der Waals surface area contributed by atoms with E-state index in [1.165, 1.54) is 7.11 Å². The maximum atomic E-state index is 13.1. The van der Waals surface area contributed by atoms with E-state index in [0.29, 0.717) is 29.7 Å². The molecule has 0 saturated carbocycles. The quantitative estimate of drug-likeness (QED) is 0.833. The fourth-order valence-electron chi connectivity index (χ4n) is 2.49. The van der Waals surface area contributed by atoms with Crippen molar-refractivity contribution in [2.24, 2.45) is 0 Å². The van der Waals surface area contributed by atoms with Crippen LogP contribution in [0.2, 0.25) is 0 Å². The molecule has 0 unspecified atom stereocenters. The number of hydrogen-bond acceptors (Lipinski definition) is 2. The predicted molar refractivity (Wildman–Crippen MR) is 72.1 cm³/mol. The molecule has 108 valence electrons. The number of methoxy groups -OCH3 is 1. The Hall–Kier alpha value is -1.78. The van der Waals surface area contributed by atoms with Crippen molar-refractivity contribution >= 4 is 10.9 Å². The van der Waals surface area contributed by atoms with Gasteiger partial charge in [0, 0.05) is 5.39 Å². The van der Waals surface area contributed by atoms with E-state index >= 15 is 0 Å². The minimum Gasteiger partial charge on any atom is -0.497 e. The zero-order valence-corrected chi connectivity index (χ0v) is 11.6. The summed E-state index contributed by atoms with van der Waals surface area (Å²) in [4.78, 5) is 3.82. The van der Waals surface area contributed by atoms with E-state index < -0.39 is 11.9 Å². The van der Waals surface area contributed by atoms with E-state index in [-0.39, 0.29) is 5.56 Å². The Bertz CT molecular complexity index is 635. The third-order valence-corrected chi connectivity index (χ3v) is 3.39. The molecule has 0 fully saturated rings. The standard InChI is InChI=1S/C15H16F3NO/c1-4-10-11(5-2)14(15(16,17)18)19-13-7-6-9(20-3)8-12(10)13/h6-8H,4-5H2,1-3H3. The lowest BCUT2D eigenvalue weighted by molar-refractivity contribution is -0.141. The first kappa shape index (κ1) is 14.6. The van der Waals surface area contributed by atoms with Crippen molar-refractivity contribution in [3.63, 3.8) is 0 Å². The lowest BCUT2D eigenvalue weighted by Crippen LogP contribution is -2.14. The lowest BCUT2D eigenvalue weighted by atomic mass is 9.96.